The van der Waals surface area contributed by atoms with Crippen molar-refractivity contribution in [3.8, 4) is 5.75 Å². The van der Waals surface area contributed by atoms with Gasteiger partial charge in [0.25, 0.3) is 0 Å². The molecule has 0 saturated carbocycles. The van der Waals surface area contributed by atoms with Crippen LogP contribution in [0.3, 0.4) is 0 Å². The summed E-state index contributed by atoms with van der Waals surface area (Å²) in [7, 11) is 0. The molecule has 12 heteroatoms. The van der Waals surface area contributed by atoms with Gasteiger partial charge in [0, 0.05) is 32.2 Å². The molecule has 12 nitrogen and oxygen atoms in total. The number of phenolic OH excluding ortho intramolecular Hbond substituents is 1. The van der Waals surface area contributed by atoms with Gasteiger partial charge in [0.15, 0.2) is 5.96 Å². The number of rotatable bonds is 13. The summed E-state index contributed by atoms with van der Waals surface area (Å²) in [6.45, 7) is 0.0902. The fraction of sp³-hybridized carbons (Fsp3) is 0.237. The summed E-state index contributed by atoms with van der Waals surface area (Å²) in [5.41, 5.74) is 15.4. The van der Waals surface area contributed by atoms with Gasteiger partial charge in [0.2, 0.25) is 17.7 Å². The third kappa shape index (κ3) is 9.25. The predicted molar refractivity (Wildman–Crippen MR) is 188 cm³/mol. The number of nitrogens with zero attached hydrogens (tertiary/aromatic N) is 2. The molecule has 8 N–H and O–H groups in total. The Morgan fingerprint density at radius 1 is 0.720 bits per heavy atom. The molecule has 0 spiro atoms. The van der Waals surface area contributed by atoms with Crippen molar-refractivity contribution in [1.29, 1.82) is 0 Å². The van der Waals surface area contributed by atoms with E-state index in [1.54, 1.807) is 60.7 Å². The molecule has 1 aliphatic rings. The molecule has 0 bridgehead atoms. The van der Waals surface area contributed by atoms with E-state index in [9.17, 15) is 29.4 Å². The van der Waals surface area contributed by atoms with Gasteiger partial charge in [-0.05, 0) is 39.9 Å². The zero-order chi connectivity index (χ0) is 35.6. The summed E-state index contributed by atoms with van der Waals surface area (Å²) in [5.74, 6) is -3.22. The maximum absolute atomic E-state index is 14.3. The fourth-order valence-electron chi connectivity index (χ4n) is 6.05. The van der Waals surface area contributed by atoms with E-state index in [1.807, 2.05) is 36.4 Å². The first-order chi connectivity index (χ1) is 24.1. The summed E-state index contributed by atoms with van der Waals surface area (Å²) in [4.78, 5) is 60.2. The first-order valence-corrected chi connectivity index (χ1v) is 16.2. The van der Waals surface area contributed by atoms with Crippen molar-refractivity contribution < 1.29 is 29.4 Å². The second kappa shape index (κ2) is 16.3. The van der Waals surface area contributed by atoms with Crippen LogP contribution >= 0.6 is 0 Å². The summed E-state index contributed by atoms with van der Waals surface area (Å²) >= 11 is 0. The molecule has 0 radical (unpaired) electrons. The molecule has 4 aromatic rings. The lowest BCUT2D eigenvalue weighted by atomic mass is 9.92. The molecule has 0 fully saturated rings. The van der Waals surface area contributed by atoms with Crippen LogP contribution in [0, 0.1) is 0 Å². The first kappa shape index (κ1) is 35.1. The Balaban J connectivity index is 1.43. The highest BCUT2D eigenvalue weighted by atomic mass is 16.4. The molecule has 5 rings (SSSR count). The van der Waals surface area contributed by atoms with Crippen molar-refractivity contribution in [2.45, 2.75) is 56.4 Å². The van der Waals surface area contributed by atoms with Gasteiger partial charge < -0.3 is 37.2 Å². The van der Waals surface area contributed by atoms with Gasteiger partial charge in [-0.2, -0.15) is 0 Å². The van der Waals surface area contributed by atoms with Gasteiger partial charge in [0.1, 0.15) is 29.9 Å². The van der Waals surface area contributed by atoms with Gasteiger partial charge in [-0.3, -0.25) is 14.4 Å². The van der Waals surface area contributed by atoms with Crippen molar-refractivity contribution in [2.75, 3.05) is 0 Å². The number of guanidine groups is 1. The maximum Gasteiger partial charge on any atom is 0.326 e. The lowest BCUT2D eigenvalue weighted by Crippen LogP contribution is -2.59. The SMILES string of the molecule is NC(N)=N[C@@H](Cc1ccc(O)cc1)C(=O)N1Cc2ccccc2C[C@H]1C(=O)N[C@@H](Cc1ccccc1)C(=O)N[C@@H](Cc1ccccc1)C(=O)O. The Hall–Kier alpha value is -6.17. The Morgan fingerprint density at radius 2 is 1.26 bits per heavy atom. The molecule has 50 heavy (non-hydrogen) atoms. The van der Waals surface area contributed by atoms with Crippen LogP contribution in [0.15, 0.2) is 114 Å². The molecule has 1 heterocycles. The highest BCUT2D eigenvalue weighted by Crippen LogP contribution is 2.26. The molecular formula is C38H40N6O6. The molecule has 3 amide bonds. The standard InChI is InChI=1S/C38H40N6O6/c39-38(40)43-31(20-26-15-17-29(45)18-16-26)36(48)44-23-28-14-8-7-13-27(28)22-33(44)35(47)41-30(19-24-9-3-1-4-10-24)34(46)42-32(37(49)50)21-25-11-5-2-6-12-25/h1-18,30-33,45H,19-23H2,(H,41,47)(H,42,46)(H,49,50)(H4,39,40,43)/t30-,31-,32-,33-/m0/s1. The van der Waals surface area contributed by atoms with E-state index in [0.717, 1.165) is 22.3 Å². The highest BCUT2D eigenvalue weighted by molar-refractivity contribution is 5.95. The summed E-state index contributed by atoms with van der Waals surface area (Å²) in [5, 5.41) is 25.2. The molecule has 0 aliphatic carbocycles. The van der Waals surface area contributed by atoms with E-state index in [4.69, 9.17) is 11.5 Å². The van der Waals surface area contributed by atoms with Gasteiger partial charge in [-0.15, -0.1) is 0 Å². The second-order valence-corrected chi connectivity index (χ2v) is 12.2. The van der Waals surface area contributed by atoms with Crippen molar-refractivity contribution >= 4 is 29.7 Å². The molecule has 4 atom stereocenters. The third-order valence-electron chi connectivity index (χ3n) is 8.60. The Kier molecular flexibility index (Phi) is 11.4. The van der Waals surface area contributed by atoms with Gasteiger partial charge >= 0.3 is 5.97 Å². The fourth-order valence-corrected chi connectivity index (χ4v) is 6.05. The van der Waals surface area contributed by atoms with Crippen LogP contribution in [0.1, 0.15) is 27.8 Å². The first-order valence-electron chi connectivity index (χ1n) is 16.2. The topological polar surface area (TPSA) is 200 Å². The number of amides is 3. The summed E-state index contributed by atoms with van der Waals surface area (Å²) in [6, 6.07) is 27.2. The number of carboxylic acids is 1. The van der Waals surface area contributed by atoms with Crippen LogP contribution in [0.2, 0.25) is 0 Å². The highest BCUT2D eigenvalue weighted by Gasteiger charge is 2.39. The van der Waals surface area contributed by atoms with E-state index < -0.39 is 47.9 Å². The van der Waals surface area contributed by atoms with Gasteiger partial charge in [0.05, 0.1) is 0 Å². The van der Waals surface area contributed by atoms with E-state index in [1.165, 1.54) is 17.0 Å². The number of carbonyl (C=O) groups is 4. The van der Waals surface area contributed by atoms with Crippen molar-refractivity contribution in [2.24, 2.45) is 16.5 Å². The number of nitrogens with one attached hydrogen (secondary N) is 2. The lowest BCUT2D eigenvalue weighted by molar-refractivity contribution is -0.144. The Bertz CT molecular complexity index is 1830. The number of fused-ring (bicyclic) bond motifs is 1. The average Bonchev–Trinajstić information content (AvgIpc) is 3.11. The molecule has 1 aliphatic heterocycles. The largest absolute Gasteiger partial charge is 0.508 e. The zero-order valence-corrected chi connectivity index (χ0v) is 27.3. The summed E-state index contributed by atoms with van der Waals surface area (Å²) in [6.07, 6.45) is 0.376. The second-order valence-electron chi connectivity index (χ2n) is 12.2. The number of nitrogens with two attached hydrogens (primary N) is 2. The summed E-state index contributed by atoms with van der Waals surface area (Å²) < 4.78 is 0. The number of benzene rings is 4. The smallest absolute Gasteiger partial charge is 0.326 e. The minimum atomic E-state index is -1.25. The van der Waals surface area contributed by atoms with Crippen LogP contribution in [-0.4, -0.2) is 68.9 Å². The third-order valence-corrected chi connectivity index (χ3v) is 8.60. The van der Waals surface area contributed by atoms with Crippen LogP contribution in [0.4, 0.5) is 0 Å². The van der Waals surface area contributed by atoms with E-state index in [2.05, 4.69) is 15.6 Å². The van der Waals surface area contributed by atoms with E-state index in [0.29, 0.717) is 5.56 Å². The lowest BCUT2D eigenvalue weighted by Gasteiger charge is -2.38. The van der Waals surface area contributed by atoms with Crippen LogP contribution in [0.5, 0.6) is 5.75 Å². The van der Waals surface area contributed by atoms with E-state index >= 15 is 0 Å². The molecular weight excluding hydrogens is 636 g/mol. The Morgan fingerprint density at radius 3 is 1.84 bits per heavy atom. The number of hydrogen-bond donors (Lipinski definition) is 6. The molecule has 0 unspecified atom stereocenters. The molecule has 0 saturated heterocycles. The van der Waals surface area contributed by atoms with Crippen LogP contribution < -0.4 is 22.1 Å². The number of aliphatic imine (C=N–C) groups is 1. The van der Waals surface area contributed by atoms with E-state index in [-0.39, 0.29) is 43.9 Å². The number of aliphatic carboxylic acids is 1. The van der Waals surface area contributed by atoms with Gasteiger partial charge in [-0.1, -0.05) is 97.1 Å². The number of carbonyl (C=O) groups excluding carboxylic acids is 3. The number of phenols is 1. The maximum atomic E-state index is 14.3. The Labute approximate surface area is 289 Å². The van der Waals surface area contributed by atoms with Gasteiger partial charge in [-0.25, -0.2) is 9.79 Å². The van der Waals surface area contributed by atoms with Crippen LogP contribution in [-0.2, 0) is 51.4 Å². The van der Waals surface area contributed by atoms with Crippen LogP contribution in [0.25, 0.3) is 0 Å². The quantitative estimate of drug-likeness (QED) is 0.0913. The molecule has 0 aromatic heterocycles. The molecule has 258 valence electrons. The minimum absolute atomic E-state index is 0.0445. The number of aromatic hydroxyl groups is 1. The number of hydrogen-bond acceptors (Lipinski definition) is 6. The number of carboxylic acid groups (broad SMARTS) is 1. The molecule has 4 aromatic carbocycles. The predicted octanol–water partition coefficient (Wildman–Crippen LogP) is 2.07. The van der Waals surface area contributed by atoms with Crippen molar-refractivity contribution in [3.63, 3.8) is 0 Å². The van der Waals surface area contributed by atoms with Crippen molar-refractivity contribution in [3.05, 3.63) is 137 Å². The monoisotopic (exact) mass is 676 g/mol. The van der Waals surface area contributed by atoms with Crippen molar-refractivity contribution in [1.82, 2.24) is 15.5 Å². The zero-order valence-electron chi connectivity index (χ0n) is 27.3. The minimum Gasteiger partial charge on any atom is -0.508 e. The normalized spacial score (nSPS) is 15.4. The average molecular weight is 677 g/mol.